The zero-order valence-corrected chi connectivity index (χ0v) is 11.5. The Labute approximate surface area is 114 Å². The van der Waals surface area contributed by atoms with Gasteiger partial charge in [0.2, 0.25) is 5.91 Å². The molecule has 1 unspecified atom stereocenters. The quantitative estimate of drug-likeness (QED) is 0.849. The van der Waals surface area contributed by atoms with Gasteiger partial charge in [0.25, 0.3) is 0 Å². The van der Waals surface area contributed by atoms with E-state index < -0.39 is 0 Å². The van der Waals surface area contributed by atoms with Crippen molar-refractivity contribution in [3.05, 3.63) is 30.1 Å². The topological polar surface area (TPSA) is 62.5 Å². The number of aromatic nitrogens is 1. The second kappa shape index (κ2) is 6.63. The third kappa shape index (κ3) is 3.75. The van der Waals surface area contributed by atoms with E-state index >= 15 is 0 Å². The SMILES string of the molecule is CC(CN)C(=O)N1CCN(Cc2cccnc2)CC1. The van der Waals surface area contributed by atoms with Gasteiger partial charge in [-0.2, -0.15) is 0 Å². The Kier molecular flexibility index (Phi) is 4.87. The van der Waals surface area contributed by atoms with Crippen molar-refractivity contribution in [1.29, 1.82) is 0 Å². The lowest BCUT2D eigenvalue weighted by Gasteiger charge is -2.35. The number of amides is 1. The van der Waals surface area contributed by atoms with E-state index in [1.54, 1.807) is 6.20 Å². The first kappa shape index (κ1) is 14.0. The van der Waals surface area contributed by atoms with Crippen molar-refractivity contribution < 1.29 is 4.79 Å². The molecule has 1 aliphatic heterocycles. The lowest BCUT2D eigenvalue weighted by molar-refractivity contribution is -0.136. The van der Waals surface area contributed by atoms with Gasteiger partial charge in [-0.25, -0.2) is 0 Å². The minimum atomic E-state index is -0.0649. The fourth-order valence-electron chi connectivity index (χ4n) is 2.29. The Morgan fingerprint density at radius 1 is 1.42 bits per heavy atom. The summed E-state index contributed by atoms with van der Waals surface area (Å²) >= 11 is 0. The van der Waals surface area contributed by atoms with Crippen molar-refractivity contribution in [2.24, 2.45) is 11.7 Å². The molecule has 0 aromatic carbocycles. The van der Waals surface area contributed by atoms with Crippen LogP contribution in [-0.4, -0.2) is 53.4 Å². The molecule has 1 aromatic heterocycles. The normalized spacial score (nSPS) is 18.3. The first-order valence-corrected chi connectivity index (χ1v) is 6.81. The minimum absolute atomic E-state index is 0.0649. The summed E-state index contributed by atoms with van der Waals surface area (Å²) in [5.74, 6) is 0.119. The van der Waals surface area contributed by atoms with E-state index in [0.717, 1.165) is 32.7 Å². The lowest BCUT2D eigenvalue weighted by Crippen LogP contribution is -2.50. The zero-order valence-electron chi connectivity index (χ0n) is 11.5. The summed E-state index contributed by atoms with van der Waals surface area (Å²) in [6.45, 7) is 6.64. The van der Waals surface area contributed by atoms with Crippen LogP contribution in [0.2, 0.25) is 0 Å². The van der Waals surface area contributed by atoms with Gasteiger partial charge >= 0.3 is 0 Å². The molecule has 2 rings (SSSR count). The number of rotatable bonds is 4. The summed E-state index contributed by atoms with van der Waals surface area (Å²) in [6, 6.07) is 4.04. The number of pyridine rings is 1. The summed E-state index contributed by atoms with van der Waals surface area (Å²) in [5, 5.41) is 0. The highest BCUT2D eigenvalue weighted by molar-refractivity contribution is 5.78. The van der Waals surface area contributed by atoms with E-state index in [1.165, 1.54) is 5.56 Å². The van der Waals surface area contributed by atoms with Crippen LogP contribution in [0.5, 0.6) is 0 Å². The van der Waals surface area contributed by atoms with Gasteiger partial charge < -0.3 is 10.6 Å². The lowest BCUT2D eigenvalue weighted by atomic mass is 10.1. The molecule has 19 heavy (non-hydrogen) atoms. The van der Waals surface area contributed by atoms with Gasteiger partial charge in [-0.3, -0.25) is 14.7 Å². The van der Waals surface area contributed by atoms with Gasteiger partial charge in [0, 0.05) is 57.6 Å². The second-order valence-electron chi connectivity index (χ2n) is 5.10. The standard InChI is InChI=1S/C14H22N4O/c1-12(9-15)14(19)18-7-5-17(6-8-18)11-13-3-2-4-16-10-13/h2-4,10,12H,5-9,11,15H2,1H3. The van der Waals surface area contributed by atoms with E-state index in [4.69, 9.17) is 5.73 Å². The third-order valence-electron chi connectivity index (χ3n) is 3.59. The van der Waals surface area contributed by atoms with Crippen LogP contribution in [0.25, 0.3) is 0 Å². The van der Waals surface area contributed by atoms with Crippen LogP contribution < -0.4 is 5.73 Å². The maximum absolute atomic E-state index is 12.0. The maximum Gasteiger partial charge on any atom is 0.226 e. The molecule has 1 aromatic rings. The average Bonchev–Trinajstić information content (AvgIpc) is 2.47. The Morgan fingerprint density at radius 2 is 2.16 bits per heavy atom. The molecule has 2 heterocycles. The molecule has 1 saturated heterocycles. The van der Waals surface area contributed by atoms with E-state index in [9.17, 15) is 4.79 Å². The van der Waals surface area contributed by atoms with Crippen molar-refractivity contribution in [2.45, 2.75) is 13.5 Å². The van der Waals surface area contributed by atoms with Crippen LogP contribution >= 0.6 is 0 Å². The fourth-order valence-corrected chi connectivity index (χ4v) is 2.29. The van der Waals surface area contributed by atoms with Gasteiger partial charge in [0.05, 0.1) is 0 Å². The molecule has 0 aliphatic carbocycles. The molecule has 1 atom stereocenters. The number of carbonyl (C=O) groups excluding carboxylic acids is 1. The van der Waals surface area contributed by atoms with Crippen molar-refractivity contribution in [3.63, 3.8) is 0 Å². The van der Waals surface area contributed by atoms with Crippen LogP contribution in [0, 0.1) is 5.92 Å². The molecule has 0 radical (unpaired) electrons. The van der Waals surface area contributed by atoms with Gasteiger partial charge in [-0.1, -0.05) is 13.0 Å². The fraction of sp³-hybridized carbons (Fsp3) is 0.571. The molecule has 0 bridgehead atoms. The highest BCUT2D eigenvalue weighted by atomic mass is 16.2. The van der Waals surface area contributed by atoms with E-state index in [-0.39, 0.29) is 11.8 Å². The van der Waals surface area contributed by atoms with Crippen molar-refractivity contribution in [1.82, 2.24) is 14.8 Å². The van der Waals surface area contributed by atoms with E-state index in [0.29, 0.717) is 6.54 Å². The Hall–Kier alpha value is -1.46. The molecule has 1 fully saturated rings. The highest BCUT2D eigenvalue weighted by Gasteiger charge is 2.23. The Morgan fingerprint density at radius 3 is 2.74 bits per heavy atom. The number of carbonyl (C=O) groups is 1. The zero-order chi connectivity index (χ0) is 13.7. The summed E-state index contributed by atoms with van der Waals surface area (Å²) in [7, 11) is 0. The molecule has 104 valence electrons. The van der Waals surface area contributed by atoms with Crippen LogP contribution in [-0.2, 0) is 11.3 Å². The van der Waals surface area contributed by atoms with Crippen molar-refractivity contribution >= 4 is 5.91 Å². The summed E-state index contributed by atoms with van der Waals surface area (Å²) in [4.78, 5) is 20.4. The van der Waals surface area contributed by atoms with Gasteiger partial charge in [-0.05, 0) is 11.6 Å². The molecule has 1 amide bonds. The van der Waals surface area contributed by atoms with Crippen LogP contribution in [0.1, 0.15) is 12.5 Å². The van der Waals surface area contributed by atoms with Gasteiger partial charge in [0.15, 0.2) is 0 Å². The van der Waals surface area contributed by atoms with E-state index in [1.807, 2.05) is 24.1 Å². The van der Waals surface area contributed by atoms with Gasteiger partial charge in [-0.15, -0.1) is 0 Å². The minimum Gasteiger partial charge on any atom is -0.340 e. The molecule has 0 spiro atoms. The molecule has 5 nitrogen and oxygen atoms in total. The molecule has 5 heteroatoms. The monoisotopic (exact) mass is 262 g/mol. The highest BCUT2D eigenvalue weighted by Crippen LogP contribution is 2.10. The smallest absolute Gasteiger partial charge is 0.226 e. The second-order valence-corrected chi connectivity index (χ2v) is 5.10. The predicted octanol–water partition coefficient (Wildman–Crippen LogP) is 0.321. The third-order valence-corrected chi connectivity index (χ3v) is 3.59. The summed E-state index contributed by atoms with van der Waals surface area (Å²) in [5.41, 5.74) is 6.76. The van der Waals surface area contributed by atoms with Crippen LogP contribution in [0.3, 0.4) is 0 Å². The Bertz CT molecular complexity index is 401. The van der Waals surface area contributed by atoms with Crippen LogP contribution in [0.4, 0.5) is 0 Å². The number of hydrogen-bond acceptors (Lipinski definition) is 4. The maximum atomic E-state index is 12.0. The molecule has 0 saturated carbocycles. The molecule has 2 N–H and O–H groups in total. The number of nitrogens with two attached hydrogens (primary N) is 1. The summed E-state index contributed by atoms with van der Waals surface area (Å²) in [6.07, 6.45) is 3.68. The largest absolute Gasteiger partial charge is 0.340 e. The first-order valence-electron chi connectivity index (χ1n) is 6.81. The average molecular weight is 262 g/mol. The molecular formula is C14H22N4O. The predicted molar refractivity (Wildman–Crippen MR) is 74.3 cm³/mol. The van der Waals surface area contributed by atoms with Crippen molar-refractivity contribution in [2.75, 3.05) is 32.7 Å². The van der Waals surface area contributed by atoms with Crippen LogP contribution in [0.15, 0.2) is 24.5 Å². The number of nitrogens with zero attached hydrogens (tertiary/aromatic N) is 3. The van der Waals surface area contributed by atoms with Crippen molar-refractivity contribution in [3.8, 4) is 0 Å². The molecule has 1 aliphatic rings. The summed E-state index contributed by atoms with van der Waals surface area (Å²) < 4.78 is 0. The first-order chi connectivity index (χ1) is 9.20. The molecular weight excluding hydrogens is 240 g/mol. The number of piperazine rings is 1. The van der Waals surface area contributed by atoms with E-state index in [2.05, 4.69) is 16.0 Å². The Balaban J connectivity index is 1.81. The van der Waals surface area contributed by atoms with Gasteiger partial charge in [0.1, 0.15) is 0 Å². The number of hydrogen-bond donors (Lipinski definition) is 1.